The number of sulfone groups is 1. The van der Waals surface area contributed by atoms with Gasteiger partial charge in [-0.05, 0) is 6.92 Å². The molecule has 0 saturated heterocycles. The summed E-state index contributed by atoms with van der Waals surface area (Å²) in [6.45, 7) is 1.56. The van der Waals surface area contributed by atoms with Gasteiger partial charge in [0.1, 0.15) is 5.75 Å². The zero-order valence-corrected chi connectivity index (χ0v) is 8.79. The zero-order valence-electron chi connectivity index (χ0n) is 7.97. The van der Waals surface area contributed by atoms with Crippen molar-refractivity contribution in [3.63, 3.8) is 0 Å². The largest absolute Gasteiger partial charge is 0.465 e. The normalized spacial score (nSPS) is 13.6. The third kappa shape index (κ3) is 5.90. The van der Waals surface area contributed by atoms with Gasteiger partial charge in [0, 0.05) is 6.54 Å². The van der Waals surface area contributed by atoms with Crippen LogP contribution >= 0.6 is 0 Å². The van der Waals surface area contributed by atoms with Gasteiger partial charge in [-0.15, -0.1) is 0 Å². The van der Waals surface area contributed by atoms with Crippen LogP contribution in [-0.4, -0.2) is 50.3 Å². The first kappa shape index (κ1) is 13.3. The van der Waals surface area contributed by atoms with E-state index in [4.69, 9.17) is 10.8 Å². The number of hydrogen-bond acceptors (Lipinski definition) is 6. The predicted octanol–water partition coefficient (Wildman–Crippen LogP) is -1.72. The second-order valence-electron chi connectivity index (χ2n) is 2.75. The van der Waals surface area contributed by atoms with Crippen LogP contribution in [0.25, 0.3) is 0 Å². The summed E-state index contributed by atoms with van der Waals surface area (Å²) in [6, 6.07) is 0. The van der Waals surface area contributed by atoms with E-state index < -0.39 is 33.4 Å². The molecule has 0 aliphatic heterocycles. The van der Waals surface area contributed by atoms with Gasteiger partial charge in [0.05, 0.1) is 18.5 Å². The highest BCUT2D eigenvalue weighted by Gasteiger charge is 2.20. The average Bonchev–Trinajstić information content (AvgIpc) is 2.02. The van der Waals surface area contributed by atoms with E-state index in [2.05, 4.69) is 4.74 Å². The summed E-state index contributed by atoms with van der Waals surface area (Å²) in [7, 11) is -3.62. The van der Waals surface area contributed by atoms with Crippen molar-refractivity contribution in [1.82, 2.24) is 0 Å². The molecule has 0 heterocycles. The van der Waals surface area contributed by atoms with Crippen LogP contribution in [0.2, 0.25) is 0 Å². The Kier molecular flexibility index (Phi) is 5.66. The Morgan fingerprint density at radius 1 is 1.57 bits per heavy atom. The molecule has 0 aliphatic carbocycles. The highest BCUT2D eigenvalue weighted by molar-refractivity contribution is 7.92. The minimum Gasteiger partial charge on any atom is -0.465 e. The Bertz CT molecular complexity index is 274. The molecule has 0 aromatic heterocycles. The summed E-state index contributed by atoms with van der Waals surface area (Å²) in [4.78, 5) is 10.8. The number of nitrogens with two attached hydrogens (primary N) is 1. The number of hydrogen-bond donors (Lipinski definition) is 2. The Morgan fingerprint density at radius 2 is 2.14 bits per heavy atom. The van der Waals surface area contributed by atoms with Gasteiger partial charge in [0.25, 0.3) is 0 Å². The number of aliphatic hydroxyl groups is 1. The van der Waals surface area contributed by atoms with Crippen molar-refractivity contribution in [2.24, 2.45) is 5.73 Å². The molecule has 0 spiro atoms. The maximum Gasteiger partial charge on any atom is 0.321 e. The molecule has 7 heteroatoms. The number of aliphatic hydroxyl groups excluding tert-OH is 1. The summed E-state index contributed by atoms with van der Waals surface area (Å²) in [6.07, 6.45) is -1.13. The molecule has 0 amide bonds. The van der Waals surface area contributed by atoms with Gasteiger partial charge in [-0.3, -0.25) is 4.79 Å². The number of esters is 1. The molecular formula is C7H15NO5S. The molecular weight excluding hydrogens is 210 g/mol. The Labute approximate surface area is 83.0 Å². The molecule has 0 fully saturated rings. The minimum absolute atomic E-state index is 0.133. The van der Waals surface area contributed by atoms with Crippen LogP contribution in [0.1, 0.15) is 6.92 Å². The minimum atomic E-state index is -3.62. The monoisotopic (exact) mass is 225 g/mol. The molecule has 0 aromatic rings. The number of rotatable bonds is 6. The van der Waals surface area contributed by atoms with Gasteiger partial charge >= 0.3 is 5.97 Å². The van der Waals surface area contributed by atoms with Gasteiger partial charge < -0.3 is 15.6 Å². The predicted molar refractivity (Wildman–Crippen MR) is 50.3 cm³/mol. The smallest absolute Gasteiger partial charge is 0.321 e. The van der Waals surface area contributed by atoms with Crippen molar-refractivity contribution in [1.29, 1.82) is 0 Å². The lowest BCUT2D eigenvalue weighted by atomic mass is 10.4. The molecule has 84 valence electrons. The standard InChI is InChI=1S/C7H15NO5S/c1-2-13-7(10)5-14(11,12)4-6(9)3-8/h6,9H,2-5,8H2,1H3. The van der Waals surface area contributed by atoms with E-state index in [9.17, 15) is 13.2 Å². The van der Waals surface area contributed by atoms with E-state index in [0.717, 1.165) is 0 Å². The fourth-order valence-electron chi connectivity index (χ4n) is 0.802. The first-order valence-electron chi connectivity index (χ1n) is 4.15. The Balaban J connectivity index is 4.14. The lowest BCUT2D eigenvalue weighted by molar-refractivity contribution is -0.139. The van der Waals surface area contributed by atoms with Crippen molar-refractivity contribution in [2.75, 3.05) is 24.7 Å². The van der Waals surface area contributed by atoms with E-state index in [0.29, 0.717) is 0 Å². The fourth-order valence-corrected chi connectivity index (χ4v) is 2.08. The molecule has 0 radical (unpaired) electrons. The van der Waals surface area contributed by atoms with E-state index in [1.807, 2.05) is 0 Å². The van der Waals surface area contributed by atoms with Crippen molar-refractivity contribution in [3.8, 4) is 0 Å². The number of carbonyl (C=O) groups excluding carboxylic acids is 1. The maximum absolute atomic E-state index is 11.2. The first-order chi connectivity index (χ1) is 6.41. The summed E-state index contributed by atoms with van der Waals surface area (Å²) >= 11 is 0. The van der Waals surface area contributed by atoms with Crippen LogP contribution in [0.5, 0.6) is 0 Å². The zero-order chi connectivity index (χ0) is 11.2. The first-order valence-corrected chi connectivity index (χ1v) is 5.97. The maximum atomic E-state index is 11.2. The van der Waals surface area contributed by atoms with Crippen molar-refractivity contribution in [3.05, 3.63) is 0 Å². The van der Waals surface area contributed by atoms with Crippen molar-refractivity contribution in [2.45, 2.75) is 13.0 Å². The van der Waals surface area contributed by atoms with Crippen molar-refractivity contribution >= 4 is 15.8 Å². The van der Waals surface area contributed by atoms with E-state index in [-0.39, 0.29) is 13.2 Å². The van der Waals surface area contributed by atoms with Gasteiger partial charge in [0.2, 0.25) is 0 Å². The molecule has 0 bridgehead atoms. The quantitative estimate of drug-likeness (QED) is 0.521. The van der Waals surface area contributed by atoms with Crippen LogP contribution in [-0.2, 0) is 19.4 Å². The third-order valence-electron chi connectivity index (χ3n) is 1.36. The SMILES string of the molecule is CCOC(=O)CS(=O)(=O)CC(O)CN. The van der Waals surface area contributed by atoms with Gasteiger partial charge in [0.15, 0.2) is 9.84 Å². The van der Waals surface area contributed by atoms with Crippen molar-refractivity contribution < 1.29 is 23.1 Å². The molecule has 3 N–H and O–H groups in total. The molecule has 1 atom stereocenters. The molecule has 0 aliphatic rings. The lowest BCUT2D eigenvalue weighted by Gasteiger charge is -2.07. The van der Waals surface area contributed by atoms with E-state index in [1.165, 1.54) is 0 Å². The third-order valence-corrected chi connectivity index (χ3v) is 2.93. The highest BCUT2D eigenvalue weighted by Crippen LogP contribution is 1.96. The van der Waals surface area contributed by atoms with Gasteiger partial charge in [-0.1, -0.05) is 0 Å². The molecule has 0 saturated carbocycles. The average molecular weight is 225 g/mol. The molecule has 0 aromatic carbocycles. The van der Waals surface area contributed by atoms with Crippen LogP contribution < -0.4 is 5.73 Å². The summed E-state index contributed by atoms with van der Waals surface area (Å²) in [5.41, 5.74) is 5.04. The van der Waals surface area contributed by atoms with E-state index in [1.54, 1.807) is 6.92 Å². The van der Waals surface area contributed by atoms with Crippen LogP contribution in [0.4, 0.5) is 0 Å². The molecule has 14 heavy (non-hydrogen) atoms. The summed E-state index contributed by atoms with van der Waals surface area (Å²) in [5, 5.41) is 8.98. The molecule has 0 rings (SSSR count). The molecule has 1 unspecified atom stereocenters. The lowest BCUT2D eigenvalue weighted by Crippen LogP contribution is -2.32. The number of ether oxygens (including phenoxy) is 1. The summed E-state index contributed by atoms with van der Waals surface area (Å²) in [5.74, 6) is -2.03. The Hall–Kier alpha value is -0.660. The second kappa shape index (κ2) is 5.94. The Morgan fingerprint density at radius 3 is 2.57 bits per heavy atom. The number of carbonyl (C=O) groups is 1. The van der Waals surface area contributed by atoms with E-state index >= 15 is 0 Å². The van der Waals surface area contributed by atoms with Crippen LogP contribution in [0.3, 0.4) is 0 Å². The van der Waals surface area contributed by atoms with Crippen LogP contribution in [0.15, 0.2) is 0 Å². The topological polar surface area (TPSA) is 107 Å². The highest BCUT2D eigenvalue weighted by atomic mass is 32.2. The summed E-state index contributed by atoms with van der Waals surface area (Å²) < 4.78 is 26.8. The molecule has 6 nitrogen and oxygen atoms in total. The van der Waals surface area contributed by atoms with Crippen LogP contribution in [0, 0.1) is 0 Å². The second-order valence-corrected chi connectivity index (χ2v) is 4.86. The fraction of sp³-hybridized carbons (Fsp3) is 0.857. The van der Waals surface area contributed by atoms with Gasteiger partial charge in [-0.25, -0.2) is 8.42 Å². The van der Waals surface area contributed by atoms with Gasteiger partial charge in [-0.2, -0.15) is 0 Å².